The molecule has 0 saturated carbocycles. The van der Waals surface area contributed by atoms with Gasteiger partial charge in [0.2, 0.25) is 0 Å². The summed E-state index contributed by atoms with van der Waals surface area (Å²) in [4.78, 5) is 16.2. The number of hydrogen-bond donors (Lipinski definition) is 1. The third-order valence-electron chi connectivity index (χ3n) is 4.72. The molecule has 1 atom stereocenters. The maximum atomic E-state index is 11.9. The summed E-state index contributed by atoms with van der Waals surface area (Å²) >= 11 is 6.28. The van der Waals surface area contributed by atoms with Gasteiger partial charge in [0.1, 0.15) is 11.8 Å². The van der Waals surface area contributed by atoms with E-state index in [0.29, 0.717) is 27.5 Å². The Morgan fingerprint density at radius 1 is 1.17 bits per heavy atom. The zero-order valence-electron chi connectivity index (χ0n) is 15.8. The third-order valence-corrected chi connectivity index (χ3v) is 5.11. The Morgan fingerprint density at radius 2 is 1.93 bits per heavy atom. The van der Waals surface area contributed by atoms with E-state index < -0.39 is 12.1 Å². The minimum absolute atomic E-state index is 0.126. The van der Waals surface area contributed by atoms with Crippen LogP contribution in [0, 0.1) is 6.92 Å². The second kappa shape index (κ2) is 7.66. The quantitative estimate of drug-likeness (QED) is 0.512. The molecule has 0 amide bonds. The van der Waals surface area contributed by atoms with E-state index in [-0.39, 0.29) is 5.69 Å². The summed E-state index contributed by atoms with van der Waals surface area (Å²) in [7, 11) is 1.29. The summed E-state index contributed by atoms with van der Waals surface area (Å²) in [5.74, 6) is -0.565. The van der Waals surface area contributed by atoms with Crippen molar-refractivity contribution < 1.29 is 14.6 Å². The second-order valence-electron chi connectivity index (χ2n) is 6.60. The third kappa shape index (κ3) is 3.48. The van der Waals surface area contributed by atoms with Crippen molar-refractivity contribution in [2.24, 2.45) is 0 Å². The number of fused-ring (bicyclic) bond motifs is 1. The van der Waals surface area contributed by atoms with Crippen LogP contribution in [0.3, 0.4) is 0 Å². The van der Waals surface area contributed by atoms with E-state index in [1.807, 2.05) is 43.3 Å². The molecule has 29 heavy (non-hydrogen) atoms. The van der Waals surface area contributed by atoms with Crippen molar-refractivity contribution in [1.82, 2.24) is 14.6 Å². The minimum atomic E-state index is -1.10. The number of nitrogens with zero attached hydrogens (tertiary/aromatic N) is 3. The maximum Gasteiger partial charge on any atom is 0.356 e. The number of aromatic nitrogens is 3. The van der Waals surface area contributed by atoms with Crippen molar-refractivity contribution in [2.75, 3.05) is 7.11 Å². The SMILES string of the molecule is COC(=O)c1cccc(C(O)c2c(-c3ccccc3)nn3cc(Cl)c(C)cc23)n1. The Morgan fingerprint density at radius 3 is 2.66 bits per heavy atom. The van der Waals surface area contributed by atoms with Crippen molar-refractivity contribution in [2.45, 2.75) is 13.0 Å². The monoisotopic (exact) mass is 407 g/mol. The van der Waals surface area contributed by atoms with Crippen molar-refractivity contribution in [1.29, 1.82) is 0 Å². The first-order chi connectivity index (χ1) is 14.0. The molecule has 0 fully saturated rings. The van der Waals surface area contributed by atoms with Gasteiger partial charge in [-0.15, -0.1) is 0 Å². The lowest BCUT2D eigenvalue weighted by Crippen LogP contribution is -2.09. The van der Waals surface area contributed by atoms with Crippen LogP contribution in [0.2, 0.25) is 5.02 Å². The first-order valence-electron chi connectivity index (χ1n) is 8.96. The van der Waals surface area contributed by atoms with Crippen molar-refractivity contribution >= 4 is 23.1 Å². The number of aliphatic hydroxyl groups is 1. The molecule has 3 heterocycles. The highest BCUT2D eigenvalue weighted by Crippen LogP contribution is 2.35. The highest BCUT2D eigenvalue weighted by atomic mass is 35.5. The molecule has 3 aromatic heterocycles. The molecule has 0 spiro atoms. The molecule has 146 valence electrons. The fourth-order valence-corrected chi connectivity index (χ4v) is 3.38. The Bertz CT molecular complexity index is 1200. The van der Waals surface area contributed by atoms with Crippen LogP contribution < -0.4 is 0 Å². The van der Waals surface area contributed by atoms with Crippen molar-refractivity contribution in [3.8, 4) is 11.3 Å². The number of hydrogen-bond acceptors (Lipinski definition) is 5. The number of esters is 1. The summed E-state index contributed by atoms with van der Waals surface area (Å²) in [6, 6.07) is 16.3. The van der Waals surface area contributed by atoms with Gasteiger partial charge in [-0.2, -0.15) is 5.10 Å². The van der Waals surface area contributed by atoms with E-state index in [2.05, 4.69) is 10.1 Å². The lowest BCUT2D eigenvalue weighted by Gasteiger charge is -2.13. The lowest BCUT2D eigenvalue weighted by atomic mass is 9.99. The fourth-order valence-electron chi connectivity index (χ4n) is 3.23. The molecule has 0 radical (unpaired) electrons. The number of methoxy groups -OCH3 is 1. The van der Waals surface area contributed by atoms with Gasteiger partial charge < -0.3 is 9.84 Å². The molecule has 6 nitrogen and oxygen atoms in total. The average molecular weight is 408 g/mol. The molecule has 4 rings (SSSR count). The van der Waals surface area contributed by atoms with E-state index >= 15 is 0 Å². The number of halogens is 1. The van der Waals surface area contributed by atoms with Crippen LogP contribution in [0.5, 0.6) is 0 Å². The molecular weight excluding hydrogens is 390 g/mol. The summed E-state index contributed by atoms with van der Waals surface area (Å²) < 4.78 is 6.39. The largest absolute Gasteiger partial charge is 0.464 e. The van der Waals surface area contributed by atoms with Crippen LogP contribution in [-0.4, -0.2) is 32.8 Å². The maximum absolute atomic E-state index is 11.9. The molecule has 4 aromatic rings. The number of carbonyl (C=O) groups excluding carboxylic acids is 1. The number of ether oxygens (including phenoxy) is 1. The van der Waals surface area contributed by atoms with Crippen LogP contribution >= 0.6 is 11.6 Å². The van der Waals surface area contributed by atoms with Gasteiger partial charge in [0, 0.05) is 17.3 Å². The zero-order chi connectivity index (χ0) is 20.5. The van der Waals surface area contributed by atoms with Crippen molar-refractivity contribution in [3.63, 3.8) is 0 Å². The van der Waals surface area contributed by atoms with Crippen LogP contribution in [0.4, 0.5) is 0 Å². The standard InChI is InChI=1S/C22H18ClN3O3/c1-13-11-18-19(21(27)16-9-6-10-17(24-16)22(28)29-2)20(14-7-4-3-5-8-14)25-26(18)12-15(13)23/h3-12,21,27H,1-2H3. The minimum Gasteiger partial charge on any atom is -0.464 e. The molecule has 0 aliphatic heterocycles. The van der Waals surface area contributed by atoms with Gasteiger partial charge >= 0.3 is 5.97 Å². The molecule has 7 heteroatoms. The molecule has 0 aliphatic rings. The molecule has 1 aromatic carbocycles. The highest BCUT2D eigenvalue weighted by Gasteiger charge is 2.25. The van der Waals surface area contributed by atoms with Gasteiger partial charge in [0.05, 0.1) is 29.0 Å². The normalized spacial score (nSPS) is 12.1. The Hall–Kier alpha value is -3.22. The molecule has 1 unspecified atom stereocenters. The molecule has 1 N–H and O–H groups in total. The summed E-state index contributed by atoms with van der Waals surface area (Å²) in [5, 5.41) is 16.5. The molecule has 0 aliphatic carbocycles. The number of rotatable bonds is 4. The van der Waals surface area contributed by atoms with Crippen LogP contribution in [-0.2, 0) is 4.74 Å². The van der Waals surface area contributed by atoms with Crippen LogP contribution in [0.25, 0.3) is 16.8 Å². The lowest BCUT2D eigenvalue weighted by molar-refractivity contribution is 0.0593. The van der Waals surface area contributed by atoms with Gasteiger partial charge in [0.25, 0.3) is 0 Å². The number of carbonyl (C=O) groups is 1. The highest BCUT2D eigenvalue weighted by molar-refractivity contribution is 6.31. The topological polar surface area (TPSA) is 76.7 Å². The predicted octanol–water partition coefficient (Wildman–Crippen LogP) is 4.23. The van der Waals surface area contributed by atoms with E-state index in [1.165, 1.54) is 7.11 Å². The number of pyridine rings is 2. The van der Waals surface area contributed by atoms with E-state index in [1.54, 1.807) is 28.9 Å². The first-order valence-corrected chi connectivity index (χ1v) is 9.34. The predicted molar refractivity (Wildman–Crippen MR) is 110 cm³/mol. The van der Waals surface area contributed by atoms with Crippen molar-refractivity contribution in [3.05, 3.63) is 88.3 Å². The summed E-state index contributed by atoms with van der Waals surface area (Å²) in [6.45, 7) is 1.89. The van der Waals surface area contributed by atoms with Crippen LogP contribution in [0.1, 0.15) is 33.4 Å². The Balaban J connectivity index is 1.94. The van der Waals surface area contributed by atoms with E-state index in [9.17, 15) is 9.90 Å². The molecule has 0 bridgehead atoms. The average Bonchev–Trinajstić information content (AvgIpc) is 3.11. The smallest absolute Gasteiger partial charge is 0.356 e. The Labute approximate surface area is 172 Å². The van der Waals surface area contributed by atoms with Gasteiger partial charge in [-0.25, -0.2) is 14.3 Å². The summed E-state index contributed by atoms with van der Waals surface area (Å²) in [5.41, 5.74) is 4.08. The zero-order valence-corrected chi connectivity index (χ0v) is 16.6. The van der Waals surface area contributed by atoms with E-state index in [4.69, 9.17) is 16.3 Å². The second-order valence-corrected chi connectivity index (χ2v) is 7.01. The van der Waals surface area contributed by atoms with Gasteiger partial charge in [0.15, 0.2) is 0 Å². The molecular formula is C22H18ClN3O3. The summed E-state index contributed by atoms with van der Waals surface area (Å²) in [6.07, 6.45) is 0.612. The van der Waals surface area contributed by atoms with Gasteiger partial charge in [-0.05, 0) is 30.7 Å². The number of aliphatic hydroxyl groups excluding tert-OH is 1. The molecule has 0 saturated heterocycles. The van der Waals surface area contributed by atoms with Gasteiger partial charge in [-0.1, -0.05) is 48.0 Å². The number of aryl methyl sites for hydroxylation is 1. The first kappa shape index (κ1) is 19.1. The Kier molecular flexibility index (Phi) is 5.05. The number of benzene rings is 1. The van der Waals surface area contributed by atoms with Crippen LogP contribution in [0.15, 0.2) is 60.8 Å². The van der Waals surface area contributed by atoms with E-state index in [0.717, 1.165) is 11.1 Å². The fraction of sp³-hybridized carbons (Fsp3) is 0.136. The van der Waals surface area contributed by atoms with Gasteiger partial charge in [-0.3, -0.25) is 0 Å².